The highest BCUT2D eigenvalue weighted by Gasteiger charge is 2.23. The van der Waals surface area contributed by atoms with Gasteiger partial charge in [0.2, 0.25) is 0 Å². The van der Waals surface area contributed by atoms with Crippen molar-refractivity contribution in [2.75, 3.05) is 18.5 Å². The number of carbonyl (C=O) groups excluding carboxylic acids is 1. The fourth-order valence-electron chi connectivity index (χ4n) is 3.28. The van der Waals surface area contributed by atoms with Crippen LogP contribution in [0.5, 0.6) is 0 Å². The topological polar surface area (TPSA) is 64.6 Å². The molecular weight excluding hydrogens is 374 g/mol. The minimum Gasteiger partial charge on any atom is -0.390 e. The Morgan fingerprint density at radius 2 is 1.40 bits per heavy atom. The van der Waals surface area contributed by atoms with E-state index < -0.39 is 12.1 Å². The Kier molecular flexibility index (Phi) is 8.01. The van der Waals surface area contributed by atoms with E-state index in [0.29, 0.717) is 19.5 Å². The molecule has 0 aliphatic heterocycles. The van der Waals surface area contributed by atoms with Crippen molar-refractivity contribution in [3.8, 4) is 0 Å². The average Bonchev–Trinajstić information content (AvgIpc) is 2.80. The highest BCUT2D eigenvalue weighted by Crippen LogP contribution is 2.13. The van der Waals surface area contributed by atoms with Crippen LogP contribution in [0, 0.1) is 0 Å². The highest BCUT2D eigenvalue weighted by molar-refractivity contribution is 5.91. The van der Waals surface area contributed by atoms with Gasteiger partial charge in [0.25, 0.3) is 0 Å². The smallest absolute Gasteiger partial charge is 0.321 e. The molecule has 0 bridgehead atoms. The number of rotatable bonds is 9. The number of amides is 2. The zero-order chi connectivity index (χ0) is 21.2. The third kappa shape index (κ3) is 6.44. The summed E-state index contributed by atoms with van der Waals surface area (Å²) in [5.74, 6) is 0. The highest BCUT2D eigenvalue weighted by atomic mass is 16.3. The van der Waals surface area contributed by atoms with Crippen LogP contribution in [0.1, 0.15) is 11.1 Å². The summed E-state index contributed by atoms with van der Waals surface area (Å²) in [6.45, 7) is 1.04. The number of para-hydroxylation sites is 1. The second-order valence-electron chi connectivity index (χ2n) is 7.32. The van der Waals surface area contributed by atoms with Crippen LogP contribution in [-0.4, -0.2) is 36.9 Å². The maximum Gasteiger partial charge on any atom is 0.321 e. The van der Waals surface area contributed by atoms with Gasteiger partial charge in [-0.1, -0.05) is 78.9 Å². The molecule has 0 fully saturated rings. The largest absolute Gasteiger partial charge is 0.390 e. The first-order chi connectivity index (χ1) is 14.6. The Hall–Kier alpha value is -3.15. The van der Waals surface area contributed by atoms with Crippen molar-refractivity contribution in [1.82, 2.24) is 10.6 Å². The SMILES string of the molecule is CN(C(=O)NC(Cc1ccccc1)C(O)CNCc1ccccc1)c1ccccc1. The lowest BCUT2D eigenvalue weighted by Gasteiger charge is -2.27. The molecule has 0 saturated carbocycles. The molecule has 5 nitrogen and oxygen atoms in total. The van der Waals surface area contributed by atoms with Gasteiger partial charge in [0.05, 0.1) is 12.1 Å². The number of urea groups is 1. The fraction of sp³-hybridized carbons (Fsp3) is 0.240. The molecule has 0 heterocycles. The van der Waals surface area contributed by atoms with E-state index in [2.05, 4.69) is 10.6 Å². The Morgan fingerprint density at radius 1 is 0.867 bits per heavy atom. The molecule has 30 heavy (non-hydrogen) atoms. The Labute approximate surface area is 178 Å². The van der Waals surface area contributed by atoms with E-state index >= 15 is 0 Å². The number of nitrogens with zero attached hydrogens (tertiary/aromatic N) is 1. The van der Waals surface area contributed by atoms with Gasteiger partial charge in [-0.3, -0.25) is 4.90 Å². The predicted octanol–water partition coefficient (Wildman–Crippen LogP) is 3.59. The van der Waals surface area contributed by atoms with E-state index in [1.807, 2.05) is 91.0 Å². The van der Waals surface area contributed by atoms with E-state index in [1.54, 1.807) is 11.9 Å². The number of benzene rings is 3. The lowest BCUT2D eigenvalue weighted by atomic mass is 10.0. The molecule has 3 N–H and O–H groups in total. The summed E-state index contributed by atoms with van der Waals surface area (Å²) in [5.41, 5.74) is 3.01. The molecule has 5 heteroatoms. The lowest BCUT2D eigenvalue weighted by molar-refractivity contribution is 0.127. The molecule has 0 aliphatic rings. The van der Waals surface area contributed by atoms with Gasteiger partial charge >= 0.3 is 6.03 Å². The van der Waals surface area contributed by atoms with E-state index in [-0.39, 0.29) is 6.03 Å². The molecule has 2 unspecified atom stereocenters. The average molecular weight is 404 g/mol. The molecule has 0 aliphatic carbocycles. The van der Waals surface area contributed by atoms with E-state index in [4.69, 9.17) is 0 Å². The molecule has 156 valence electrons. The van der Waals surface area contributed by atoms with Crippen LogP contribution in [0.15, 0.2) is 91.0 Å². The van der Waals surface area contributed by atoms with Crippen molar-refractivity contribution in [1.29, 1.82) is 0 Å². The standard InChI is InChI=1S/C25H29N3O2/c1-28(22-15-9-4-10-16-22)25(30)27-23(17-20-11-5-2-6-12-20)24(29)19-26-18-21-13-7-3-8-14-21/h2-16,23-24,26,29H,17-19H2,1H3,(H,27,30). The van der Waals surface area contributed by atoms with Crippen molar-refractivity contribution >= 4 is 11.7 Å². The predicted molar refractivity (Wildman–Crippen MR) is 121 cm³/mol. The van der Waals surface area contributed by atoms with Crippen molar-refractivity contribution in [3.63, 3.8) is 0 Å². The maximum atomic E-state index is 12.8. The Morgan fingerprint density at radius 3 is 2.00 bits per heavy atom. The molecule has 3 aromatic carbocycles. The normalized spacial score (nSPS) is 12.7. The van der Waals surface area contributed by atoms with Crippen LogP contribution in [0.2, 0.25) is 0 Å². The van der Waals surface area contributed by atoms with Gasteiger partial charge in [0.15, 0.2) is 0 Å². The summed E-state index contributed by atoms with van der Waals surface area (Å²) in [5, 5.41) is 17.1. The molecule has 2 atom stereocenters. The van der Waals surface area contributed by atoms with Crippen LogP contribution in [-0.2, 0) is 13.0 Å². The Bertz CT molecular complexity index is 888. The van der Waals surface area contributed by atoms with Crippen molar-refractivity contribution in [2.24, 2.45) is 0 Å². The van der Waals surface area contributed by atoms with Crippen LogP contribution >= 0.6 is 0 Å². The maximum absolute atomic E-state index is 12.8. The van der Waals surface area contributed by atoms with Crippen LogP contribution in [0.25, 0.3) is 0 Å². The number of nitrogens with one attached hydrogen (secondary N) is 2. The first kappa shape index (κ1) is 21.6. The van der Waals surface area contributed by atoms with Gasteiger partial charge in [-0.05, 0) is 29.7 Å². The van der Waals surface area contributed by atoms with Gasteiger partial charge in [0, 0.05) is 25.8 Å². The zero-order valence-corrected chi connectivity index (χ0v) is 17.2. The third-order valence-corrected chi connectivity index (χ3v) is 5.05. The molecule has 3 rings (SSSR count). The number of hydrogen-bond donors (Lipinski definition) is 3. The number of anilines is 1. The molecule has 0 radical (unpaired) electrons. The fourth-order valence-corrected chi connectivity index (χ4v) is 3.28. The summed E-state index contributed by atoms with van der Waals surface area (Å²) >= 11 is 0. The zero-order valence-electron chi connectivity index (χ0n) is 17.2. The first-order valence-corrected chi connectivity index (χ1v) is 10.2. The molecule has 0 saturated heterocycles. The van der Waals surface area contributed by atoms with Gasteiger partial charge in [-0.15, -0.1) is 0 Å². The Balaban J connectivity index is 1.63. The van der Waals surface area contributed by atoms with Crippen molar-refractivity contribution in [2.45, 2.75) is 25.1 Å². The molecular formula is C25H29N3O2. The molecule has 0 spiro atoms. The minimum absolute atomic E-state index is 0.246. The van der Waals surface area contributed by atoms with Crippen molar-refractivity contribution < 1.29 is 9.90 Å². The second-order valence-corrected chi connectivity index (χ2v) is 7.32. The second kappa shape index (κ2) is 11.1. The van der Waals surface area contributed by atoms with E-state index in [9.17, 15) is 9.90 Å². The van der Waals surface area contributed by atoms with Crippen molar-refractivity contribution in [3.05, 3.63) is 102 Å². The van der Waals surface area contributed by atoms with Gasteiger partial charge < -0.3 is 15.7 Å². The third-order valence-electron chi connectivity index (χ3n) is 5.05. The number of carbonyl (C=O) groups is 1. The van der Waals surface area contributed by atoms with Crippen LogP contribution < -0.4 is 15.5 Å². The van der Waals surface area contributed by atoms with E-state index in [1.165, 1.54) is 0 Å². The quantitative estimate of drug-likeness (QED) is 0.512. The molecule has 0 aromatic heterocycles. The molecule has 3 aromatic rings. The van der Waals surface area contributed by atoms with Crippen LogP contribution in [0.4, 0.5) is 10.5 Å². The number of hydrogen-bond acceptors (Lipinski definition) is 3. The van der Waals surface area contributed by atoms with Gasteiger partial charge in [0.1, 0.15) is 0 Å². The van der Waals surface area contributed by atoms with Crippen LogP contribution in [0.3, 0.4) is 0 Å². The summed E-state index contributed by atoms with van der Waals surface area (Å²) in [4.78, 5) is 14.4. The summed E-state index contributed by atoms with van der Waals surface area (Å²) < 4.78 is 0. The molecule has 2 amide bonds. The lowest BCUT2D eigenvalue weighted by Crippen LogP contribution is -2.52. The van der Waals surface area contributed by atoms with Gasteiger partial charge in [-0.25, -0.2) is 4.79 Å². The summed E-state index contributed by atoms with van der Waals surface area (Å²) in [6.07, 6.45) is -0.189. The number of aliphatic hydroxyl groups is 1. The van der Waals surface area contributed by atoms with Gasteiger partial charge in [-0.2, -0.15) is 0 Å². The minimum atomic E-state index is -0.734. The van der Waals surface area contributed by atoms with E-state index in [0.717, 1.165) is 16.8 Å². The first-order valence-electron chi connectivity index (χ1n) is 10.2. The number of aliphatic hydroxyl groups excluding tert-OH is 1. The monoisotopic (exact) mass is 403 g/mol. The summed E-state index contributed by atoms with van der Waals surface area (Å²) in [6, 6.07) is 28.7. The summed E-state index contributed by atoms with van der Waals surface area (Å²) in [7, 11) is 1.73.